The van der Waals surface area contributed by atoms with Gasteiger partial charge in [-0.05, 0) is 48.4 Å². The Hall–Kier alpha value is -4.66. The molecule has 0 spiro atoms. The molecule has 4 heterocycles. The summed E-state index contributed by atoms with van der Waals surface area (Å²) in [4.78, 5) is 31.4. The second-order valence-electron chi connectivity index (χ2n) is 12.2. The summed E-state index contributed by atoms with van der Waals surface area (Å²) < 4.78 is 15.8. The molecule has 1 saturated heterocycles. The number of rotatable bonds is 3. The molecule has 8 nitrogen and oxygen atoms in total. The van der Waals surface area contributed by atoms with Gasteiger partial charge in [-0.2, -0.15) is 0 Å². The van der Waals surface area contributed by atoms with E-state index in [0.717, 1.165) is 49.7 Å². The number of fused-ring (bicyclic) bond motifs is 12. The van der Waals surface area contributed by atoms with Gasteiger partial charge in [0.1, 0.15) is 12.3 Å². The molecule has 3 aliphatic rings. The zero-order valence-corrected chi connectivity index (χ0v) is 25.2. The van der Waals surface area contributed by atoms with Gasteiger partial charge >= 0.3 is 0 Å². The molecule has 1 aromatic heterocycles. The van der Waals surface area contributed by atoms with Crippen LogP contribution in [0.1, 0.15) is 45.9 Å². The topological polar surface area (TPSA) is 76.0 Å². The molecule has 222 valence electrons. The number of nitrogens with zero attached hydrogens (tertiary/aromatic N) is 3. The van der Waals surface area contributed by atoms with Crippen LogP contribution in [0, 0.1) is 0 Å². The Morgan fingerprint density at radius 3 is 2.52 bits per heavy atom. The molecule has 0 saturated carbocycles. The minimum atomic E-state index is -0.977. The fourth-order valence-corrected chi connectivity index (χ4v) is 7.85. The number of hydrogen-bond donors (Lipinski definition) is 1. The molecule has 4 atom stereocenters. The summed E-state index contributed by atoms with van der Waals surface area (Å²) >= 11 is 0. The highest BCUT2D eigenvalue weighted by molar-refractivity contribution is 6.21. The largest absolute Gasteiger partial charge is 0.374 e. The fraction of sp³-hybridized carbons (Fsp3) is 0.278. The van der Waals surface area contributed by atoms with Gasteiger partial charge in [0.2, 0.25) is 0 Å². The first-order valence-electron chi connectivity index (χ1n) is 15.1. The van der Waals surface area contributed by atoms with Crippen molar-refractivity contribution in [2.24, 2.45) is 0 Å². The van der Waals surface area contributed by atoms with E-state index < -0.39 is 18.1 Å². The number of amides is 2. The lowest BCUT2D eigenvalue weighted by Crippen LogP contribution is -2.67. The Morgan fingerprint density at radius 1 is 1.00 bits per heavy atom. The highest BCUT2D eigenvalue weighted by Gasteiger charge is 2.54. The van der Waals surface area contributed by atoms with Crippen molar-refractivity contribution in [3.8, 4) is 11.1 Å². The lowest BCUT2D eigenvalue weighted by atomic mass is 9.88. The summed E-state index contributed by atoms with van der Waals surface area (Å²) in [5, 5.41) is 5.05. The van der Waals surface area contributed by atoms with Gasteiger partial charge in [-0.25, -0.2) is 0 Å². The van der Waals surface area contributed by atoms with Gasteiger partial charge in [0.25, 0.3) is 11.8 Å². The van der Waals surface area contributed by atoms with Crippen LogP contribution in [0.5, 0.6) is 0 Å². The molecule has 0 aliphatic carbocycles. The van der Waals surface area contributed by atoms with E-state index in [1.807, 2.05) is 73.6 Å². The van der Waals surface area contributed by atoms with E-state index in [1.54, 1.807) is 7.11 Å². The lowest BCUT2D eigenvalue weighted by molar-refractivity contribution is -0.228. The van der Waals surface area contributed by atoms with Gasteiger partial charge in [-0.15, -0.1) is 0 Å². The monoisotopic (exact) mass is 586 g/mol. The van der Waals surface area contributed by atoms with Crippen LogP contribution in [-0.2, 0) is 16.0 Å². The molecule has 4 aromatic carbocycles. The highest BCUT2D eigenvalue weighted by atomic mass is 16.6. The molecule has 8 rings (SSSR count). The van der Waals surface area contributed by atoms with Crippen molar-refractivity contribution in [1.29, 1.82) is 0 Å². The van der Waals surface area contributed by atoms with E-state index in [1.165, 1.54) is 0 Å². The molecule has 3 aliphatic heterocycles. The van der Waals surface area contributed by atoms with Crippen LogP contribution in [0.2, 0.25) is 0 Å². The molecule has 1 fully saturated rings. The average Bonchev–Trinajstić information content (AvgIpc) is 3.60. The number of carbonyl (C=O) groups is 2. The minimum absolute atomic E-state index is 0.0578. The number of anilines is 1. The normalized spacial score (nSPS) is 23.9. The number of para-hydroxylation sites is 2. The summed E-state index contributed by atoms with van der Waals surface area (Å²) in [6.45, 7) is 2.54. The zero-order valence-electron chi connectivity index (χ0n) is 25.2. The molecule has 5 aromatic rings. The maximum Gasteiger partial charge on any atom is 0.253 e. The summed E-state index contributed by atoms with van der Waals surface area (Å²) in [5.74, 6) is -0.132. The maximum atomic E-state index is 13.9. The predicted octanol–water partition coefficient (Wildman–Crippen LogP) is 5.95. The van der Waals surface area contributed by atoms with Gasteiger partial charge in [-0.3, -0.25) is 9.59 Å². The Balaban J connectivity index is 1.44. The van der Waals surface area contributed by atoms with Crippen LogP contribution in [-0.4, -0.2) is 60.4 Å². The quantitative estimate of drug-likeness (QED) is 0.283. The summed E-state index contributed by atoms with van der Waals surface area (Å²) in [6, 6.07) is 27.7. The smallest absolute Gasteiger partial charge is 0.253 e. The molecular formula is C36H34N4O4. The molecule has 44 heavy (non-hydrogen) atoms. The van der Waals surface area contributed by atoms with Gasteiger partial charge in [0.15, 0.2) is 5.72 Å². The third kappa shape index (κ3) is 3.58. The Bertz CT molecular complexity index is 1990. The van der Waals surface area contributed by atoms with E-state index in [2.05, 4.69) is 52.0 Å². The molecule has 4 bridgehead atoms. The van der Waals surface area contributed by atoms with Crippen LogP contribution < -0.4 is 10.2 Å². The van der Waals surface area contributed by atoms with E-state index in [9.17, 15) is 9.59 Å². The van der Waals surface area contributed by atoms with E-state index in [-0.39, 0.29) is 17.9 Å². The molecule has 2 unspecified atom stereocenters. The second-order valence-corrected chi connectivity index (χ2v) is 12.2. The number of methoxy groups -OCH3 is 1. The minimum Gasteiger partial charge on any atom is -0.374 e. The average molecular weight is 587 g/mol. The number of likely N-dealkylation sites (N-methyl/N-ethyl adjacent to an activating group) is 2. The molecule has 2 amide bonds. The Labute approximate surface area is 255 Å². The van der Waals surface area contributed by atoms with Crippen molar-refractivity contribution in [2.75, 3.05) is 26.1 Å². The van der Waals surface area contributed by atoms with Crippen LogP contribution in [0.4, 0.5) is 5.69 Å². The highest BCUT2D eigenvalue weighted by Crippen LogP contribution is 2.50. The van der Waals surface area contributed by atoms with Gasteiger partial charge in [0, 0.05) is 61.8 Å². The fourth-order valence-electron chi connectivity index (χ4n) is 7.85. The standard InChI is InChI=1S/C36H34N4O4/c1-36-33(43-4)29(38(2)35(42)21-12-6-5-7-13-21)19-30(44-36)40-27-17-11-9-15-23(27)31-28(40)18-24(25-20-37-34(41)32(25)31)22-14-8-10-16-26(22)39(36)3/h5-18,29-30,33H,19-20H2,1-4H3,(H,37,41)/t29?,30-,33?,36+/m1/s1. The molecule has 8 heteroatoms. The van der Waals surface area contributed by atoms with Crippen LogP contribution >= 0.6 is 0 Å². The van der Waals surface area contributed by atoms with E-state index in [0.29, 0.717) is 18.5 Å². The zero-order chi connectivity index (χ0) is 30.3. The van der Waals surface area contributed by atoms with Gasteiger partial charge < -0.3 is 29.2 Å². The number of aromatic nitrogens is 1. The third-order valence-corrected chi connectivity index (χ3v) is 10.1. The van der Waals surface area contributed by atoms with Crippen molar-refractivity contribution in [3.05, 3.63) is 102 Å². The van der Waals surface area contributed by atoms with Crippen molar-refractivity contribution < 1.29 is 19.1 Å². The molecule has 1 N–H and O–H groups in total. The second kappa shape index (κ2) is 9.67. The van der Waals surface area contributed by atoms with Gasteiger partial charge in [0.05, 0.1) is 22.6 Å². The van der Waals surface area contributed by atoms with Crippen molar-refractivity contribution in [2.45, 2.75) is 44.0 Å². The first-order chi connectivity index (χ1) is 21.3. The summed E-state index contributed by atoms with van der Waals surface area (Å²) in [6.07, 6.45) is -0.461. The maximum absolute atomic E-state index is 13.9. The summed E-state index contributed by atoms with van der Waals surface area (Å²) in [7, 11) is 5.58. The van der Waals surface area contributed by atoms with Crippen LogP contribution in [0.15, 0.2) is 84.9 Å². The van der Waals surface area contributed by atoms with E-state index in [4.69, 9.17) is 9.47 Å². The first kappa shape index (κ1) is 26.9. The summed E-state index contributed by atoms with van der Waals surface area (Å²) in [5.41, 5.74) is 6.31. The number of benzene rings is 4. The molecule has 0 radical (unpaired) electrons. The van der Waals surface area contributed by atoms with Crippen LogP contribution in [0.3, 0.4) is 0 Å². The molecular weight excluding hydrogens is 552 g/mol. The number of hydrogen-bond acceptors (Lipinski definition) is 5. The van der Waals surface area contributed by atoms with Crippen molar-refractivity contribution in [1.82, 2.24) is 14.8 Å². The first-order valence-corrected chi connectivity index (χ1v) is 15.1. The third-order valence-electron chi connectivity index (χ3n) is 10.1. The predicted molar refractivity (Wildman–Crippen MR) is 171 cm³/mol. The number of ether oxygens (including phenoxy) is 2. The SMILES string of the molecule is COC1C(N(C)C(=O)c2ccccc2)C[C@H]2O[C@]1(C)N(C)c1ccccc1-c1cc3c(c4c1CNC4=O)c1ccccc1n32. The van der Waals surface area contributed by atoms with Crippen LogP contribution in [0.25, 0.3) is 32.9 Å². The van der Waals surface area contributed by atoms with Crippen molar-refractivity contribution >= 4 is 39.3 Å². The van der Waals surface area contributed by atoms with Gasteiger partial charge in [-0.1, -0.05) is 54.6 Å². The van der Waals surface area contributed by atoms with E-state index >= 15 is 0 Å². The Morgan fingerprint density at radius 2 is 1.73 bits per heavy atom. The number of carbonyl (C=O) groups excluding carboxylic acids is 2. The number of nitrogens with one attached hydrogen (secondary N) is 1. The lowest BCUT2D eigenvalue weighted by Gasteiger charge is -2.54. The Kier molecular flexibility index (Phi) is 5.92. The van der Waals surface area contributed by atoms with Crippen molar-refractivity contribution in [3.63, 3.8) is 0 Å².